The first-order valence-corrected chi connectivity index (χ1v) is 6.73. The molecule has 5 heteroatoms. The van der Waals surface area contributed by atoms with Gasteiger partial charge in [-0.05, 0) is 36.2 Å². The number of thiazole rings is 1. The van der Waals surface area contributed by atoms with Crippen molar-refractivity contribution < 1.29 is 4.39 Å². The minimum atomic E-state index is -0.257. The highest BCUT2D eigenvalue weighted by atomic mass is 32.1. The molecule has 19 heavy (non-hydrogen) atoms. The van der Waals surface area contributed by atoms with Gasteiger partial charge in [0.25, 0.3) is 0 Å². The number of aryl methyl sites for hydroxylation is 1. The number of anilines is 1. The molecule has 2 aromatic heterocycles. The highest BCUT2D eigenvalue weighted by molar-refractivity contribution is 7.22. The zero-order valence-corrected chi connectivity index (χ0v) is 11.2. The van der Waals surface area contributed by atoms with E-state index in [1.165, 1.54) is 29.0 Å². The van der Waals surface area contributed by atoms with Crippen LogP contribution >= 0.6 is 11.3 Å². The van der Waals surface area contributed by atoms with Gasteiger partial charge in [-0.15, -0.1) is 0 Å². The van der Waals surface area contributed by atoms with Gasteiger partial charge in [0.1, 0.15) is 5.82 Å². The number of nitrogens with one attached hydrogen (secondary N) is 1. The fraction of sp³-hybridized carbons (Fsp3) is 0.143. The summed E-state index contributed by atoms with van der Waals surface area (Å²) in [4.78, 5) is 8.47. The molecular formula is C14H12FN3S. The van der Waals surface area contributed by atoms with Gasteiger partial charge in [0.05, 0.1) is 10.2 Å². The van der Waals surface area contributed by atoms with Crippen LogP contribution in [0.25, 0.3) is 10.2 Å². The molecule has 3 aromatic rings. The summed E-state index contributed by atoms with van der Waals surface area (Å²) in [6.07, 6.45) is 3.62. The molecule has 3 rings (SSSR count). The summed E-state index contributed by atoms with van der Waals surface area (Å²) in [6, 6.07) is 6.63. The molecule has 0 amide bonds. The van der Waals surface area contributed by atoms with E-state index in [0.717, 1.165) is 15.4 Å². The smallest absolute Gasteiger partial charge is 0.184 e. The van der Waals surface area contributed by atoms with E-state index in [4.69, 9.17) is 0 Å². The molecular weight excluding hydrogens is 261 g/mol. The largest absolute Gasteiger partial charge is 0.357 e. The maximum absolute atomic E-state index is 13.1. The van der Waals surface area contributed by atoms with Crippen LogP contribution in [0.2, 0.25) is 0 Å². The normalized spacial score (nSPS) is 10.8. The van der Waals surface area contributed by atoms with Gasteiger partial charge in [0.2, 0.25) is 0 Å². The van der Waals surface area contributed by atoms with Crippen LogP contribution in [-0.4, -0.2) is 9.97 Å². The van der Waals surface area contributed by atoms with Gasteiger partial charge in [-0.25, -0.2) is 9.37 Å². The fourth-order valence-electron chi connectivity index (χ4n) is 1.83. The van der Waals surface area contributed by atoms with Crippen LogP contribution in [0.3, 0.4) is 0 Å². The lowest BCUT2D eigenvalue weighted by molar-refractivity contribution is 0.629. The molecule has 0 fully saturated rings. The van der Waals surface area contributed by atoms with Gasteiger partial charge in [-0.2, -0.15) is 0 Å². The van der Waals surface area contributed by atoms with Crippen molar-refractivity contribution in [2.75, 3.05) is 5.32 Å². The molecule has 0 aliphatic heterocycles. The summed E-state index contributed by atoms with van der Waals surface area (Å²) >= 11 is 1.52. The number of pyridine rings is 1. The van der Waals surface area contributed by atoms with E-state index in [-0.39, 0.29) is 5.82 Å². The molecule has 0 atom stereocenters. The molecule has 0 spiro atoms. The number of benzene rings is 1. The highest BCUT2D eigenvalue weighted by Crippen LogP contribution is 2.26. The molecule has 0 saturated heterocycles. The van der Waals surface area contributed by atoms with Gasteiger partial charge in [0.15, 0.2) is 5.13 Å². The Morgan fingerprint density at radius 2 is 2.21 bits per heavy atom. The average molecular weight is 273 g/mol. The molecule has 0 saturated carbocycles. The van der Waals surface area contributed by atoms with Crippen LogP contribution in [0.4, 0.5) is 9.52 Å². The lowest BCUT2D eigenvalue weighted by atomic mass is 10.2. The quantitative estimate of drug-likeness (QED) is 0.789. The van der Waals surface area contributed by atoms with Crippen molar-refractivity contribution >= 4 is 26.7 Å². The minimum Gasteiger partial charge on any atom is -0.357 e. The van der Waals surface area contributed by atoms with E-state index >= 15 is 0 Å². The first-order valence-electron chi connectivity index (χ1n) is 5.92. The first kappa shape index (κ1) is 12.0. The van der Waals surface area contributed by atoms with Crippen molar-refractivity contribution in [2.45, 2.75) is 13.5 Å². The molecule has 3 nitrogen and oxygen atoms in total. The molecule has 2 heterocycles. The van der Waals surface area contributed by atoms with E-state index < -0.39 is 0 Å². The number of rotatable bonds is 3. The third-order valence-corrected chi connectivity index (χ3v) is 3.92. The zero-order valence-electron chi connectivity index (χ0n) is 10.4. The van der Waals surface area contributed by atoms with Gasteiger partial charge in [-0.3, -0.25) is 4.98 Å². The molecule has 0 aliphatic carbocycles. The second-order valence-corrected chi connectivity index (χ2v) is 5.32. The minimum absolute atomic E-state index is 0.257. The molecule has 1 N–H and O–H groups in total. The third-order valence-electron chi connectivity index (χ3n) is 2.93. The van der Waals surface area contributed by atoms with Gasteiger partial charge < -0.3 is 5.32 Å². The van der Waals surface area contributed by atoms with Crippen LogP contribution in [0.5, 0.6) is 0 Å². The SMILES string of the molecule is Cc1ccncc1CNc1nc2cc(F)ccc2s1. The lowest BCUT2D eigenvalue weighted by Gasteiger charge is -2.04. The van der Waals surface area contributed by atoms with Crippen molar-refractivity contribution in [3.05, 3.63) is 53.6 Å². The topological polar surface area (TPSA) is 37.8 Å². The maximum atomic E-state index is 13.1. The second kappa shape index (κ2) is 4.93. The van der Waals surface area contributed by atoms with E-state index in [1.54, 1.807) is 12.3 Å². The van der Waals surface area contributed by atoms with Crippen molar-refractivity contribution in [3.8, 4) is 0 Å². The molecule has 0 unspecified atom stereocenters. The van der Waals surface area contributed by atoms with Crippen LogP contribution in [0.1, 0.15) is 11.1 Å². The van der Waals surface area contributed by atoms with Gasteiger partial charge in [0, 0.05) is 25.0 Å². The lowest BCUT2D eigenvalue weighted by Crippen LogP contribution is -2.01. The predicted octanol–water partition coefficient (Wildman–Crippen LogP) is 3.75. The summed E-state index contributed by atoms with van der Waals surface area (Å²) in [5.74, 6) is -0.257. The van der Waals surface area contributed by atoms with Crippen LogP contribution in [0.15, 0.2) is 36.7 Å². The number of hydrogen-bond donors (Lipinski definition) is 1. The maximum Gasteiger partial charge on any atom is 0.184 e. The Balaban J connectivity index is 1.80. The Hall–Kier alpha value is -2.01. The second-order valence-electron chi connectivity index (χ2n) is 4.29. The molecule has 1 aromatic carbocycles. The Labute approximate surface area is 114 Å². The van der Waals surface area contributed by atoms with Gasteiger partial charge in [-0.1, -0.05) is 11.3 Å². The van der Waals surface area contributed by atoms with Crippen molar-refractivity contribution in [2.24, 2.45) is 0 Å². The molecule has 0 radical (unpaired) electrons. The van der Waals surface area contributed by atoms with Crippen LogP contribution < -0.4 is 5.32 Å². The predicted molar refractivity (Wildman–Crippen MR) is 75.9 cm³/mol. The summed E-state index contributed by atoms with van der Waals surface area (Å²) < 4.78 is 14.1. The van der Waals surface area contributed by atoms with Crippen molar-refractivity contribution in [1.82, 2.24) is 9.97 Å². The van der Waals surface area contributed by atoms with Crippen molar-refractivity contribution in [1.29, 1.82) is 0 Å². The Bertz CT molecular complexity index is 724. The van der Waals surface area contributed by atoms with Crippen LogP contribution in [0, 0.1) is 12.7 Å². The van der Waals surface area contributed by atoms with E-state index in [1.807, 2.05) is 19.2 Å². The zero-order chi connectivity index (χ0) is 13.2. The fourth-order valence-corrected chi connectivity index (χ4v) is 2.67. The first-order chi connectivity index (χ1) is 9.22. The summed E-state index contributed by atoms with van der Waals surface area (Å²) in [5, 5.41) is 4.05. The Morgan fingerprint density at radius 1 is 1.32 bits per heavy atom. The summed E-state index contributed by atoms with van der Waals surface area (Å²) in [6.45, 7) is 2.72. The monoisotopic (exact) mass is 273 g/mol. The van der Waals surface area contributed by atoms with Crippen LogP contribution in [-0.2, 0) is 6.54 Å². The molecule has 0 aliphatic rings. The number of nitrogens with zero attached hydrogens (tertiary/aromatic N) is 2. The average Bonchev–Trinajstić information content (AvgIpc) is 2.79. The highest BCUT2D eigenvalue weighted by Gasteiger charge is 2.05. The van der Waals surface area contributed by atoms with E-state index in [2.05, 4.69) is 15.3 Å². The van der Waals surface area contributed by atoms with E-state index in [0.29, 0.717) is 12.1 Å². The van der Waals surface area contributed by atoms with E-state index in [9.17, 15) is 4.39 Å². The number of aromatic nitrogens is 2. The third kappa shape index (κ3) is 2.56. The number of fused-ring (bicyclic) bond motifs is 1. The van der Waals surface area contributed by atoms with Gasteiger partial charge >= 0.3 is 0 Å². The Kier molecular flexibility index (Phi) is 3.13. The molecule has 0 bridgehead atoms. The Morgan fingerprint density at radius 3 is 3.05 bits per heavy atom. The van der Waals surface area contributed by atoms with Crippen molar-refractivity contribution in [3.63, 3.8) is 0 Å². The summed E-state index contributed by atoms with van der Waals surface area (Å²) in [7, 11) is 0. The number of halogens is 1. The molecule has 96 valence electrons. The summed E-state index contributed by atoms with van der Waals surface area (Å²) in [5.41, 5.74) is 3.01. The standard InChI is InChI=1S/C14H12FN3S/c1-9-4-5-16-7-10(9)8-17-14-18-12-6-11(15)2-3-13(12)19-14/h2-7H,8H2,1H3,(H,17,18). The number of hydrogen-bond acceptors (Lipinski definition) is 4.